The summed E-state index contributed by atoms with van der Waals surface area (Å²) >= 11 is 5.60. The number of alkyl halides is 3. The number of carbonyl (C=O) groups is 2. The number of rotatable bonds is 4. The molecule has 0 aliphatic carbocycles. The highest BCUT2D eigenvalue weighted by Gasteiger charge is 2.35. The van der Waals surface area contributed by atoms with Crippen molar-refractivity contribution < 1.29 is 35.9 Å². The molecule has 0 spiro atoms. The molecule has 1 amide bonds. The number of anilines is 1. The second-order valence-corrected chi connectivity index (χ2v) is 8.76. The van der Waals surface area contributed by atoms with Crippen LogP contribution in [0.25, 0.3) is 0 Å². The maximum atomic E-state index is 13.2. The summed E-state index contributed by atoms with van der Waals surface area (Å²) in [5.74, 6) is -1.99. The van der Waals surface area contributed by atoms with E-state index in [0.29, 0.717) is 6.07 Å². The van der Waals surface area contributed by atoms with Crippen LogP contribution in [0.2, 0.25) is 5.02 Å². The van der Waals surface area contributed by atoms with Gasteiger partial charge in [-0.2, -0.15) is 13.2 Å². The first-order chi connectivity index (χ1) is 14.4. The first-order valence-electron chi connectivity index (χ1n) is 8.73. The lowest BCUT2D eigenvalue weighted by Crippen LogP contribution is -2.37. The molecule has 1 aromatic rings. The molecule has 8 nitrogen and oxygen atoms in total. The molecule has 13 heteroatoms. The van der Waals surface area contributed by atoms with Crippen molar-refractivity contribution >= 4 is 45.0 Å². The predicted molar refractivity (Wildman–Crippen MR) is 106 cm³/mol. The minimum absolute atomic E-state index is 0.0142. The van der Waals surface area contributed by atoms with Gasteiger partial charge in [0.2, 0.25) is 0 Å². The van der Waals surface area contributed by atoms with E-state index in [1.165, 1.54) is 36.2 Å². The molecule has 1 aromatic carbocycles. The number of amides is 1. The Kier molecular flexibility index (Phi) is 6.14. The zero-order valence-corrected chi connectivity index (χ0v) is 17.4. The highest BCUT2D eigenvalue weighted by molar-refractivity contribution is 7.90. The lowest BCUT2D eigenvalue weighted by Gasteiger charge is -2.27. The quantitative estimate of drug-likeness (QED) is 0.668. The van der Waals surface area contributed by atoms with Gasteiger partial charge in [0.25, 0.3) is 15.9 Å². The number of benzene rings is 1. The third-order valence-corrected chi connectivity index (χ3v) is 5.66. The van der Waals surface area contributed by atoms with Gasteiger partial charge >= 0.3 is 12.1 Å². The van der Waals surface area contributed by atoms with Crippen LogP contribution >= 0.6 is 11.6 Å². The van der Waals surface area contributed by atoms with Gasteiger partial charge in [-0.05, 0) is 37.3 Å². The fourth-order valence-corrected chi connectivity index (χ4v) is 3.84. The predicted octanol–water partition coefficient (Wildman–Crippen LogP) is 2.73. The number of ether oxygens (including phenoxy) is 1. The fourth-order valence-electron chi connectivity index (χ4n) is 2.70. The summed E-state index contributed by atoms with van der Waals surface area (Å²) in [5.41, 5.74) is -1.66. The zero-order chi connectivity index (χ0) is 23.0. The van der Waals surface area contributed by atoms with Crippen molar-refractivity contribution in [2.75, 3.05) is 17.6 Å². The van der Waals surface area contributed by atoms with Gasteiger partial charge in [-0.3, -0.25) is 4.79 Å². The summed E-state index contributed by atoms with van der Waals surface area (Å²) in [6, 6.07) is 2.84. The second kappa shape index (κ2) is 8.35. The largest absolute Gasteiger partial charge is 0.449 e. The van der Waals surface area contributed by atoms with Gasteiger partial charge < -0.3 is 15.0 Å². The number of fused-ring (bicyclic) bond motifs is 1. The van der Waals surface area contributed by atoms with Crippen LogP contribution in [0.4, 0.5) is 18.9 Å². The number of nitrogens with zero attached hydrogens (tertiary/aromatic N) is 2. The molecule has 0 aromatic heterocycles. The van der Waals surface area contributed by atoms with Crippen LogP contribution in [-0.4, -0.2) is 49.4 Å². The van der Waals surface area contributed by atoms with E-state index < -0.39 is 45.4 Å². The molecule has 166 valence electrons. The lowest BCUT2D eigenvalue weighted by atomic mass is 10.1. The van der Waals surface area contributed by atoms with Gasteiger partial charge in [0, 0.05) is 17.8 Å². The number of esters is 1. The van der Waals surface area contributed by atoms with E-state index in [1.54, 1.807) is 0 Å². The van der Waals surface area contributed by atoms with Crippen molar-refractivity contribution in [3.05, 3.63) is 52.7 Å². The summed E-state index contributed by atoms with van der Waals surface area (Å²) in [4.78, 5) is 26.0. The van der Waals surface area contributed by atoms with E-state index in [0.717, 1.165) is 6.07 Å². The van der Waals surface area contributed by atoms with Crippen molar-refractivity contribution in [1.82, 2.24) is 4.90 Å². The molecule has 2 aliphatic heterocycles. The molecule has 1 N–H and O–H groups in total. The number of hydrogen-bond donors (Lipinski definition) is 1. The lowest BCUT2D eigenvalue weighted by molar-refractivity contribution is -0.149. The Hall–Kier alpha value is -2.86. The summed E-state index contributed by atoms with van der Waals surface area (Å²) in [6.07, 6.45) is -2.28. The van der Waals surface area contributed by atoms with Gasteiger partial charge in [-0.1, -0.05) is 11.6 Å². The summed E-state index contributed by atoms with van der Waals surface area (Å²) in [7, 11) is -3.56. The second-order valence-electron chi connectivity index (χ2n) is 6.57. The van der Waals surface area contributed by atoms with E-state index in [4.69, 9.17) is 16.3 Å². The van der Waals surface area contributed by atoms with Gasteiger partial charge in [0.15, 0.2) is 6.10 Å². The molecule has 0 saturated carbocycles. The van der Waals surface area contributed by atoms with Crippen molar-refractivity contribution in [3.8, 4) is 0 Å². The highest BCUT2D eigenvalue weighted by atomic mass is 35.5. The molecule has 31 heavy (non-hydrogen) atoms. The van der Waals surface area contributed by atoms with Gasteiger partial charge in [0.05, 0.1) is 22.6 Å². The summed E-state index contributed by atoms with van der Waals surface area (Å²) in [5, 5.41) is 1.92. The average Bonchev–Trinajstić information content (AvgIpc) is 2.67. The SMILES string of the molecule is CC(OC(=O)C1=CN2CCS(=O)(=O)N=C2C=C1)C(=O)Nc1ccc(Cl)cc1C(F)(F)F. The maximum Gasteiger partial charge on any atom is 0.418 e. The standard InChI is InChI=1S/C18H15ClF3N3O5S/c1-10(16(26)23-14-4-3-12(19)8-13(14)18(20,21)22)30-17(27)11-2-5-15-24-31(28,29)7-6-25(15)9-11/h2-5,8-10H,6-7H2,1H3,(H,23,26). The first-order valence-corrected chi connectivity index (χ1v) is 10.7. The van der Waals surface area contributed by atoms with Crippen molar-refractivity contribution in [2.24, 2.45) is 4.40 Å². The number of amidine groups is 1. The molecule has 0 saturated heterocycles. The molecule has 1 unspecified atom stereocenters. The molecule has 2 heterocycles. The molecular formula is C18H15ClF3N3O5S. The highest BCUT2D eigenvalue weighted by Crippen LogP contribution is 2.36. The molecule has 0 bridgehead atoms. The van der Waals surface area contributed by atoms with E-state index >= 15 is 0 Å². The molecule has 1 atom stereocenters. The zero-order valence-electron chi connectivity index (χ0n) is 15.8. The van der Waals surface area contributed by atoms with Crippen LogP contribution < -0.4 is 5.32 Å². The van der Waals surface area contributed by atoms with Crippen LogP contribution in [0.3, 0.4) is 0 Å². The van der Waals surface area contributed by atoms with Crippen molar-refractivity contribution in [1.29, 1.82) is 0 Å². The third kappa shape index (κ3) is 5.44. The minimum atomic E-state index is -4.76. The Morgan fingerprint density at radius 1 is 1.29 bits per heavy atom. The Balaban J connectivity index is 1.68. The van der Waals surface area contributed by atoms with Crippen molar-refractivity contribution in [3.63, 3.8) is 0 Å². The summed E-state index contributed by atoms with van der Waals surface area (Å²) in [6.45, 7) is 1.28. The van der Waals surface area contributed by atoms with Crippen LogP contribution in [0.1, 0.15) is 12.5 Å². The Morgan fingerprint density at radius 2 is 2.00 bits per heavy atom. The van der Waals surface area contributed by atoms with Gasteiger partial charge in [-0.15, -0.1) is 4.40 Å². The molecule has 0 radical (unpaired) electrons. The number of nitrogens with one attached hydrogen (secondary N) is 1. The Morgan fingerprint density at radius 3 is 2.68 bits per heavy atom. The summed E-state index contributed by atoms with van der Waals surface area (Å²) < 4.78 is 71.1. The monoisotopic (exact) mass is 477 g/mol. The van der Waals surface area contributed by atoms with Crippen molar-refractivity contribution in [2.45, 2.75) is 19.2 Å². The van der Waals surface area contributed by atoms with Gasteiger partial charge in [-0.25, -0.2) is 13.2 Å². The first kappa shape index (κ1) is 22.8. The molecular weight excluding hydrogens is 463 g/mol. The number of hydrogen-bond acceptors (Lipinski definition) is 6. The Bertz CT molecular complexity index is 1130. The van der Waals surface area contributed by atoms with Crippen LogP contribution in [-0.2, 0) is 30.5 Å². The number of halogens is 4. The smallest absolute Gasteiger partial charge is 0.418 e. The number of sulfonamides is 1. The third-order valence-electron chi connectivity index (χ3n) is 4.26. The maximum absolute atomic E-state index is 13.2. The Labute approximate surface area is 180 Å². The molecule has 3 rings (SSSR count). The van der Waals surface area contributed by atoms with E-state index in [9.17, 15) is 31.2 Å². The van der Waals surface area contributed by atoms with Crippen LogP contribution in [0.5, 0.6) is 0 Å². The topological polar surface area (TPSA) is 105 Å². The normalized spacial score (nSPS) is 18.4. The molecule has 0 fully saturated rings. The fraction of sp³-hybridized carbons (Fsp3) is 0.278. The van der Waals surface area contributed by atoms with E-state index in [2.05, 4.69) is 9.71 Å². The number of carbonyl (C=O) groups excluding carboxylic acids is 2. The average molecular weight is 478 g/mol. The van der Waals surface area contributed by atoms with Crippen LogP contribution in [0, 0.1) is 0 Å². The minimum Gasteiger partial charge on any atom is -0.449 e. The van der Waals surface area contributed by atoms with Crippen LogP contribution in [0.15, 0.2) is 46.5 Å². The van der Waals surface area contributed by atoms with Gasteiger partial charge in [0.1, 0.15) is 5.84 Å². The van der Waals surface area contributed by atoms with E-state index in [1.807, 2.05) is 0 Å². The van der Waals surface area contributed by atoms with E-state index in [-0.39, 0.29) is 28.7 Å². The molecule has 2 aliphatic rings.